The normalized spacial score (nSPS) is 32.7. The lowest BCUT2D eigenvalue weighted by atomic mass is 9.74. The van der Waals surface area contributed by atoms with E-state index in [1.807, 2.05) is 6.92 Å². The molecule has 0 aromatic carbocycles. The molecule has 1 aliphatic carbocycles. The van der Waals surface area contributed by atoms with Crippen LogP contribution in [-0.4, -0.2) is 40.7 Å². The highest BCUT2D eigenvalue weighted by molar-refractivity contribution is 5.42. The van der Waals surface area contributed by atoms with Gasteiger partial charge in [0.2, 0.25) is 0 Å². The largest absolute Gasteiger partial charge is 0.399 e. The van der Waals surface area contributed by atoms with Crippen LogP contribution in [0.5, 0.6) is 0 Å². The second-order valence-electron chi connectivity index (χ2n) is 4.39. The van der Waals surface area contributed by atoms with Gasteiger partial charge in [0, 0.05) is 17.9 Å². The number of aliphatic hydroxyl groups is 2. The molecule has 0 heterocycles. The first-order valence-corrected chi connectivity index (χ1v) is 5.80. The topological polar surface area (TPSA) is 102 Å². The Kier molecular flexibility index (Phi) is 4.32. The number of ether oxygens (including phenoxy) is 1. The van der Waals surface area contributed by atoms with E-state index in [1.165, 1.54) is 0 Å². The smallest absolute Gasteiger partial charge is 0.100 e. The molecule has 1 rings (SSSR count). The molecule has 0 aliphatic heterocycles. The second kappa shape index (κ2) is 5.18. The summed E-state index contributed by atoms with van der Waals surface area (Å²) in [6, 6.07) is 0. The van der Waals surface area contributed by atoms with Crippen LogP contribution in [0.1, 0.15) is 20.8 Å². The van der Waals surface area contributed by atoms with Crippen LogP contribution in [-0.2, 0) is 4.74 Å². The zero-order valence-electron chi connectivity index (χ0n) is 10.6. The molecule has 0 amide bonds. The minimum Gasteiger partial charge on any atom is -0.399 e. The van der Waals surface area contributed by atoms with Crippen molar-refractivity contribution in [2.24, 2.45) is 11.5 Å². The van der Waals surface area contributed by atoms with Crippen molar-refractivity contribution >= 4 is 0 Å². The minimum absolute atomic E-state index is 0.388. The molecule has 4 atom stereocenters. The summed E-state index contributed by atoms with van der Waals surface area (Å²) >= 11 is 0. The van der Waals surface area contributed by atoms with Crippen LogP contribution in [0.2, 0.25) is 0 Å². The van der Waals surface area contributed by atoms with Crippen LogP contribution in [0, 0.1) is 0 Å². The molecule has 0 aromatic rings. The fourth-order valence-electron chi connectivity index (χ4n) is 2.28. The zero-order valence-corrected chi connectivity index (χ0v) is 10.6. The number of nitrogens with two attached hydrogens (primary N) is 2. The second-order valence-corrected chi connectivity index (χ2v) is 4.39. The third-order valence-corrected chi connectivity index (χ3v) is 3.15. The Labute approximate surface area is 102 Å². The van der Waals surface area contributed by atoms with Crippen molar-refractivity contribution in [2.45, 2.75) is 44.6 Å². The van der Waals surface area contributed by atoms with Crippen LogP contribution < -0.4 is 11.5 Å². The molecule has 0 saturated carbocycles. The number of rotatable bonds is 4. The Morgan fingerprint density at radius 1 is 1.47 bits per heavy atom. The van der Waals surface area contributed by atoms with E-state index < -0.39 is 23.9 Å². The molecule has 5 heteroatoms. The summed E-state index contributed by atoms with van der Waals surface area (Å²) in [7, 11) is 0. The lowest BCUT2D eigenvalue weighted by Gasteiger charge is -2.43. The predicted octanol–water partition coefficient (Wildman–Crippen LogP) is -0.367. The highest BCUT2D eigenvalue weighted by Gasteiger charge is 2.46. The third kappa shape index (κ3) is 2.37. The lowest BCUT2D eigenvalue weighted by molar-refractivity contribution is -0.0137. The van der Waals surface area contributed by atoms with Crippen LogP contribution >= 0.6 is 0 Å². The molecule has 0 fully saturated rings. The van der Waals surface area contributed by atoms with Crippen molar-refractivity contribution in [3.8, 4) is 0 Å². The molecule has 0 aromatic heterocycles. The van der Waals surface area contributed by atoms with Gasteiger partial charge in [0.05, 0.1) is 17.7 Å². The van der Waals surface area contributed by atoms with E-state index in [2.05, 4.69) is 0 Å². The maximum Gasteiger partial charge on any atom is 0.100 e. The van der Waals surface area contributed by atoms with E-state index in [4.69, 9.17) is 16.2 Å². The summed E-state index contributed by atoms with van der Waals surface area (Å²) in [5.41, 5.74) is 11.7. The predicted molar refractivity (Wildman–Crippen MR) is 66.0 cm³/mol. The number of allylic oxidation sites excluding steroid dienone is 1. The summed E-state index contributed by atoms with van der Waals surface area (Å²) < 4.78 is 5.52. The quantitative estimate of drug-likeness (QED) is 0.539. The van der Waals surface area contributed by atoms with E-state index in [1.54, 1.807) is 26.0 Å². The summed E-state index contributed by atoms with van der Waals surface area (Å²) in [5.74, 6) is 0. The van der Waals surface area contributed by atoms with E-state index >= 15 is 0 Å². The first-order chi connectivity index (χ1) is 7.85. The summed E-state index contributed by atoms with van der Waals surface area (Å²) in [6.07, 6.45) is 1.17. The van der Waals surface area contributed by atoms with Gasteiger partial charge in [0.15, 0.2) is 0 Å². The molecule has 98 valence electrons. The first-order valence-electron chi connectivity index (χ1n) is 5.80. The lowest BCUT2D eigenvalue weighted by Crippen LogP contribution is -2.63. The van der Waals surface area contributed by atoms with E-state index in [0.717, 1.165) is 0 Å². The minimum atomic E-state index is -1.19. The van der Waals surface area contributed by atoms with Crippen molar-refractivity contribution in [2.75, 3.05) is 6.61 Å². The molecule has 6 N–H and O–H groups in total. The Morgan fingerprint density at radius 2 is 2.06 bits per heavy atom. The number of hydrogen-bond acceptors (Lipinski definition) is 5. The average Bonchev–Trinajstić information content (AvgIpc) is 2.21. The standard InChI is InChI=1S/C12H22N2O3/c1-4-17-10-6-5-9(13)11(7(2)15)12(10,14)8(3)16/h5-8,10,15-16H,4,13-14H2,1-3H3. The van der Waals surface area contributed by atoms with E-state index in [-0.39, 0.29) is 0 Å². The van der Waals surface area contributed by atoms with Gasteiger partial charge in [-0.3, -0.25) is 0 Å². The fraction of sp³-hybridized carbons (Fsp3) is 0.667. The SMILES string of the molecule is CCOC1C=CC(N)=C(C(C)O)C1(N)C(C)O. The van der Waals surface area contributed by atoms with E-state index in [9.17, 15) is 10.2 Å². The Bertz CT molecular complexity index is 337. The van der Waals surface area contributed by atoms with Crippen molar-refractivity contribution in [3.05, 3.63) is 23.4 Å². The van der Waals surface area contributed by atoms with Gasteiger partial charge in [-0.1, -0.05) is 6.08 Å². The third-order valence-electron chi connectivity index (χ3n) is 3.15. The monoisotopic (exact) mass is 242 g/mol. The highest BCUT2D eigenvalue weighted by Crippen LogP contribution is 2.33. The summed E-state index contributed by atoms with van der Waals surface area (Å²) in [4.78, 5) is 0. The average molecular weight is 242 g/mol. The maximum atomic E-state index is 9.93. The van der Waals surface area contributed by atoms with Gasteiger partial charge < -0.3 is 26.4 Å². The molecule has 5 nitrogen and oxygen atoms in total. The molecule has 0 saturated heterocycles. The van der Waals surface area contributed by atoms with Crippen LogP contribution in [0.25, 0.3) is 0 Å². The van der Waals surface area contributed by atoms with Crippen molar-refractivity contribution < 1.29 is 14.9 Å². The number of hydrogen-bond donors (Lipinski definition) is 4. The molecule has 0 bridgehead atoms. The van der Waals surface area contributed by atoms with Gasteiger partial charge in [-0.15, -0.1) is 0 Å². The van der Waals surface area contributed by atoms with Gasteiger partial charge >= 0.3 is 0 Å². The van der Waals surface area contributed by atoms with Gasteiger partial charge in [-0.25, -0.2) is 0 Å². The van der Waals surface area contributed by atoms with Crippen molar-refractivity contribution in [1.29, 1.82) is 0 Å². The molecule has 17 heavy (non-hydrogen) atoms. The van der Waals surface area contributed by atoms with Crippen LogP contribution in [0.15, 0.2) is 23.4 Å². The number of aliphatic hydroxyl groups excluding tert-OH is 2. The molecule has 0 radical (unpaired) electrons. The molecule has 1 aliphatic rings. The molecular formula is C12H22N2O3. The molecular weight excluding hydrogens is 220 g/mol. The highest BCUT2D eigenvalue weighted by atomic mass is 16.5. The van der Waals surface area contributed by atoms with Gasteiger partial charge in [0.1, 0.15) is 6.10 Å². The zero-order chi connectivity index (χ0) is 13.2. The summed E-state index contributed by atoms with van der Waals surface area (Å²) in [5, 5.41) is 19.7. The van der Waals surface area contributed by atoms with Gasteiger partial charge in [-0.05, 0) is 26.8 Å². The Hall–Kier alpha value is -0.880. The van der Waals surface area contributed by atoms with Crippen LogP contribution in [0.4, 0.5) is 0 Å². The van der Waals surface area contributed by atoms with Crippen LogP contribution in [0.3, 0.4) is 0 Å². The van der Waals surface area contributed by atoms with Gasteiger partial charge in [-0.2, -0.15) is 0 Å². The van der Waals surface area contributed by atoms with Crippen molar-refractivity contribution in [3.63, 3.8) is 0 Å². The Morgan fingerprint density at radius 3 is 2.47 bits per heavy atom. The maximum absolute atomic E-state index is 9.93. The van der Waals surface area contributed by atoms with E-state index in [0.29, 0.717) is 17.9 Å². The van der Waals surface area contributed by atoms with Crippen molar-refractivity contribution in [1.82, 2.24) is 0 Å². The Balaban J connectivity index is 3.25. The molecule has 4 unspecified atom stereocenters. The summed E-state index contributed by atoms with van der Waals surface area (Å²) in [6.45, 7) is 5.46. The molecule has 0 spiro atoms. The first kappa shape index (κ1) is 14.2. The fourth-order valence-corrected chi connectivity index (χ4v) is 2.28. The van der Waals surface area contributed by atoms with Gasteiger partial charge in [0.25, 0.3) is 0 Å².